The average Bonchev–Trinajstić information content (AvgIpc) is 3.10. The van der Waals surface area contributed by atoms with Gasteiger partial charge in [-0.1, -0.05) is 16.8 Å². The van der Waals surface area contributed by atoms with Crippen LogP contribution in [0.5, 0.6) is 0 Å². The number of halogens is 5. The first-order chi connectivity index (χ1) is 15.0. The third-order valence-corrected chi connectivity index (χ3v) is 6.60. The van der Waals surface area contributed by atoms with Crippen molar-refractivity contribution in [3.05, 3.63) is 34.9 Å². The van der Waals surface area contributed by atoms with Crippen LogP contribution in [0.2, 0.25) is 5.02 Å². The maximum Gasteiger partial charge on any atom is 0.522 e. The van der Waals surface area contributed by atoms with Gasteiger partial charge in [0.15, 0.2) is 0 Å². The van der Waals surface area contributed by atoms with Gasteiger partial charge in [-0.05, 0) is 37.5 Å². The summed E-state index contributed by atoms with van der Waals surface area (Å²) in [5.74, 6) is -0.183. The van der Waals surface area contributed by atoms with Crippen molar-refractivity contribution in [2.45, 2.75) is 61.6 Å². The Kier molecular flexibility index (Phi) is 4.99. The number of ether oxygens (including phenoxy) is 2. The lowest BCUT2D eigenvalue weighted by Crippen LogP contribution is -2.77. The number of hydrogen-bond acceptors (Lipinski definition) is 6. The molecule has 172 valence electrons. The standard InChI is InChI=1S/C20H18ClF4N3O4/c21-13-2-1-10(3-14(13)22)16-26-17(32-28-16)18-7-19(8-18,9-18)27-15(29)6-30-11-4-12(5-11)31-20(23,24)25/h1-3,11-12H,4-9H2,(H,27,29). The molecule has 2 bridgehead atoms. The van der Waals surface area contributed by atoms with Crippen molar-refractivity contribution in [3.63, 3.8) is 0 Å². The molecule has 6 rings (SSSR count). The van der Waals surface area contributed by atoms with Crippen LogP contribution >= 0.6 is 11.6 Å². The largest absolute Gasteiger partial charge is 0.522 e. The second kappa shape index (κ2) is 7.39. The summed E-state index contributed by atoms with van der Waals surface area (Å²) in [5, 5.41) is 6.86. The summed E-state index contributed by atoms with van der Waals surface area (Å²) in [4.78, 5) is 16.6. The zero-order valence-corrected chi connectivity index (χ0v) is 17.3. The Hall–Kier alpha value is -2.24. The van der Waals surface area contributed by atoms with Gasteiger partial charge in [-0.2, -0.15) is 4.98 Å². The summed E-state index contributed by atoms with van der Waals surface area (Å²) >= 11 is 5.69. The minimum atomic E-state index is -4.66. The Morgan fingerprint density at radius 2 is 1.97 bits per heavy atom. The third-order valence-electron chi connectivity index (χ3n) is 6.29. The van der Waals surface area contributed by atoms with Crippen LogP contribution < -0.4 is 5.32 Å². The van der Waals surface area contributed by atoms with E-state index in [1.165, 1.54) is 12.1 Å². The lowest BCUT2D eigenvalue weighted by atomic mass is 9.39. The van der Waals surface area contributed by atoms with Gasteiger partial charge in [0.05, 0.1) is 22.6 Å². The fraction of sp³-hybridized carbons (Fsp3) is 0.550. The zero-order valence-electron chi connectivity index (χ0n) is 16.5. The molecule has 1 aromatic heterocycles. The summed E-state index contributed by atoms with van der Waals surface area (Å²) in [6.45, 7) is -0.217. The Morgan fingerprint density at radius 3 is 2.62 bits per heavy atom. The number of benzene rings is 1. The maximum absolute atomic E-state index is 13.7. The van der Waals surface area contributed by atoms with Gasteiger partial charge in [-0.3, -0.25) is 9.53 Å². The number of nitrogens with zero attached hydrogens (tertiary/aromatic N) is 2. The van der Waals surface area contributed by atoms with Crippen LogP contribution in [-0.4, -0.2) is 46.8 Å². The lowest BCUT2D eigenvalue weighted by molar-refractivity contribution is -0.357. The van der Waals surface area contributed by atoms with Crippen LogP contribution in [0.15, 0.2) is 22.7 Å². The molecule has 0 aliphatic heterocycles. The van der Waals surface area contributed by atoms with Crippen LogP contribution in [0.25, 0.3) is 11.4 Å². The smallest absolute Gasteiger partial charge is 0.368 e. The normalized spacial score (nSPS) is 30.8. The van der Waals surface area contributed by atoms with E-state index in [4.69, 9.17) is 20.9 Å². The van der Waals surface area contributed by atoms with E-state index in [1.54, 1.807) is 6.07 Å². The van der Waals surface area contributed by atoms with E-state index in [-0.39, 0.29) is 47.2 Å². The number of nitrogens with one attached hydrogen (secondary N) is 1. The highest BCUT2D eigenvalue weighted by Gasteiger charge is 2.72. The monoisotopic (exact) mass is 475 g/mol. The average molecular weight is 476 g/mol. The molecule has 0 radical (unpaired) electrons. The fourth-order valence-corrected chi connectivity index (χ4v) is 4.92. The fourth-order valence-electron chi connectivity index (χ4n) is 4.80. The van der Waals surface area contributed by atoms with E-state index in [9.17, 15) is 22.4 Å². The van der Waals surface area contributed by atoms with E-state index in [0.29, 0.717) is 30.7 Å². The Bertz CT molecular complexity index is 1030. The summed E-state index contributed by atoms with van der Waals surface area (Å²) < 4.78 is 64.6. The first-order valence-corrected chi connectivity index (χ1v) is 10.4. The molecular weight excluding hydrogens is 458 g/mol. The van der Waals surface area contributed by atoms with Gasteiger partial charge in [0.1, 0.15) is 12.4 Å². The molecule has 4 fully saturated rings. The number of aromatic nitrogens is 2. The van der Waals surface area contributed by atoms with Crippen molar-refractivity contribution in [1.82, 2.24) is 15.5 Å². The van der Waals surface area contributed by atoms with Crippen LogP contribution in [0.4, 0.5) is 17.6 Å². The highest BCUT2D eigenvalue weighted by atomic mass is 35.5. The number of alkyl halides is 3. The van der Waals surface area contributed by atoms with Gasteiger partial charge in [0, 0.05) is 23.9 Å². The number of amides is 1. The van der Waals surface area contributed by atoms with Crippen LogP contribution in [0, 0.1) is 5.82 Å². The molecule has 1 heterocycles. The van der Waals surface area contributed by atoms with Crippen LogP contribution in [0.1, 0.15) is 38.0 Å². The van der Waals surface area contributed by atoms with Crippen molar-refractivity contribution in [2.75, 3.05) is 6.61 Å². The molecule has 4 aliphatic rings. The minimum Gasteiger partial charge on any atom is -0.368 e. The summed E-state index contributed by atoms with van der Waals surface area (Å²) in [6, 6.07) is 4.26. The quantitative estimate of drug-likeness (QED) is 0.611. The zero-order chi connectivity index (χ0) is 22.7. The van der Waals surface area contributed by atoms with Crippen molar-refractivity contribution < 1.29 is 36.4 Å². The Morgan fingerprint density at radius 1 is 1.25 bits per heavy atom. The molecule has 2 aromatic rings. The third kappa shape index (κ3) is 3.97. The highest BCUT2D eigenvalue weighted by molar-refractivity contribution is 6.30. The van der Waals surface area contributed by atoms with E-state index >= 15 is 0 Å². The number of hydrogen-bond donors (Lipinski definition) is 1. The number of rotatable bonds is 7. The molecule has 12 heteroatoms. The molecular formula is C20H18ClF4N3O4. The van der Waals surface area contributed by atoms with Gasteiger partial charge >= 0.3 is 6.36 Å². The molecule has 4 aliphatic carbocycles. The highest BCUT2D eigenvalue weighted by Crippen LogP contribution is 2.67. The van der Waals surface area contributed by atoms with E-state index < -0.39 is 24.4 Å². The molecule has 1 N–H and O–H groups in total. The SMILES string of the molecule is O=C(COC1CC(OC(F)(F)F)C1)NC12CC(c3nc(-c4ccc(Cl)c(F)c4)no3)(C1)C2. The molecule has 1 aromatic carbocycles. The van der Waals surface area contributed by atoms with Gasteiger partial charge in [-0.15, -0.1) is 13.2 Å². The number of carbonyl (C=O) groups is 1. The second-order valence-electron chi connectivity index (χ2n) is 8.78. The van der Waals surface area contributed by atoms with Gasteiger partial charge in [0.2, 0.25) is 17.6 Å². The minimum absolute atomic E-state index is 0.00493. The predicted octanol–water partition coefficient (Wildman–Crippen LogP) is 3.90. The molecule has 0 spiro atoms. The Balaban J connectivity index is 1.08. The summed E-state index contributed by atoms with van der Waals surface area (Å²) in [7, 11) is 0. The summed E-state index contributed by atoms with van der Waals surface area (Å²) in [6.07, 6.45) is -3.87. The van der Waals surface area contributed by atoms with Gasteiger partial charge in [-0.25, -0.2) is 4.39 Å². The molecule has 0 unspecified atom stereocenters. The molecule has 0 saturated heterocycles. The van der Waals surface area contributed by atoms with E-state index in [1.807, 2.05) is 0 Å². The lowest BCUT2D eigenvalue weighted by Gasteiger charge is -2.68. The number of carbonyl (C=O) groups excluding carboxylic acids is 1. The molecule has 4 saturated carbocycles. The molecule has 1 amide bonds. The van der Waals surface area contributed by atoms with Crippen molar-refractivity contribution in [3.8, 4) is 11.4 Å². The maximum atomic E-state index is 13.7. The first-order valence-electron chi connectivity index (χ1n) is 10.0. The molecule has 0 atom stereocenters. The van der Waals surface area contributed by atoms with Gasteiger partial charge < -0.3 is 14.6 Å². The van der Waals surface area contributed by atoms with E-state index in [2.05, 4.69) is 20.2 Å². The molecule has 32 heavy (non-hydrogen) atoms. The molecule has 7 nitrogen and oxygen atoms in total. The van der Waals surface area contributed by atoms with Crippen molar-refractivity contribution >= 4 is 17.5 Å². The van der Waals surface area contributed by atoms with E-state index in [0.717, 1.165) is 0 Å². The van der Waals surface area contributed by atoms with Crippen LogP contribution in [-0.2, 0) is 19.7 Å². The second-order valence-corrected chi connectivity index (χ2v) is 9.19. The predicted molar refractivity (Wildman–Crippen MR) is 101 cm³/mol. The topological polar surface area (TPSA) is 86.5 Å². The van der Waals surface area contributed by atoms with Crippen LogP contribution in [0.3, 0.4) is 0 Å². The van der Waals surface area contributed by atoms with Crippen molar-refractivity contribution in [2.24, 2.45) is 0 Å². The summed E-state index contributed by atoms with van der Waals surface area (Å²) in [5.41, 5.74) is -0.212. The first kappa shape index (κ1) is 21.6. The Labute approximate surface area is 184 Å². The van der Waals surface area contributed by atoms with Gasteiger partial charge in [0.25, 0.3) is 0 Å². The van der Waals surface area contributed by atoms with Crippen molar-refractivity contribution in [1.29, 1.82) is 0 Å².